The van der Waals surface area contributed by atoms with Gasteiger partial charge >= 0.3 is 0 Å². The SMILES string of the molecule is Cc1ccnc(Nc2cccc(-c3cnc(Cc4ccc(OCc5ccccc5)cc4)s3)n2)c1. The zero-order valence-electron chi connectivity index (χ0n) is 18.8. The monoisotopic (exact) mass is 464 g/mol. The van der Waals surface area contributed by atoms with Crippen LogP contribution in [0.5, 0.6) is 5.75 Å². The van der Waals surface area contributed by atoms with Gasteiger partial charge in [-0.1, -0.05) is 48.5 Å². The molecule has 0 bridgehead atoms. The summed E-state index contributed by atoms with van der Waals surface area (Å²) in [7, 11) is 0. The fourth-order valence-corrected chi connectivity index (χ4v) is 4.43. The standard InChI is InChI=1S/C28H24N4OS/c1-20-14-15-29-27(16-20)32-26-9-5-8-24(31-26)25-18-30-28(34-25)17-21-10-12-23(13-11-21)33-19-22-6-3-2-4-7-22/h2-16,18H,17,19H2,1H3,(H,29,31,32). The van der Waals surface area contributed by atoms with Gasteiger partial charge in [0.2, 0.25) is 0 Å². The van der Waals surface area contributed by atoms with Crippen molar-refractivity contribution in [2.24, 2.45) is 0 Å². The number of rotatable bonds is 8. The van der Waals surface area contributed by atoms with Crippen molar-refractivity contribution in [1.29, 1.82) is 0 Å². The van der Waals surface area contributed by atoms with Crippen LogP contribution >= 0.6 is 11.3 Å². The second-order valence-corrected chi connectivity index (χ2v) is 9.08. The van der Waals surface area contributed by atoms with Crippen molar-refractivity contribution in [2.75, 3.05) is 5.32 Å². The Kier molecular flexibility index (Phi) is 6.59. The molecule has 3 aromatic heterocycles. The van der Waals surface area contributed by atoms with E-state index in [0.717, 1.165) is 50.5 Å². The van der Waals surface area contributed by atoms with Crippen LogP contribution in [-0.2, 0) is 13.0 Å². The van der Waals surface area contributed by atoms with E-state index in [2.05, 4.69) is 39.6 Å². The molecule has 0 saturated carbocycles. The van der Waals surface area contributed by atoms with Crippen LogP contribution in [-0.4, -0.2) is 15.0 Å². The first-order chi connectivity index (χ1) is 16.7. The van der Waals surface area contributed by atoms with Gasteiger partial charge in [-0.25, -0.2) is 15.0 Å². The van der Waals surface area contributed by atoms with Crippen LogP contribution in [0.4, 0.5) is 11.6 Å². The minimum Gasteiger partial charge on any atom is -0.489 e. The Morgan fingerprint density at radius 2 is 1.68 bits per heavy atom. The van der Waals surface area contributed by atoms with Gasteiger partial charge in [-0.3, -0.25) is 0 Å². The van der Waals surface area contributed by atoms with Crippen molar-refractivity contribution in [3.8, 4) is 16.3 Å². The molecule has 0 aliphatic heterocycles. The molecule has 0 atom stereocenters. The molecule has 168 valence electrons. The summed E-state index contributed by atoms with van der Waals surface area (Å²) >= 11 is 1.66. The van der Waals surface area contributed by atoms with Gasteiger partial charge < -0.3 is 10.1 Å². The van der Waals surface area contributed by atoms with Gasteiger partial charge in [-0.2, -0.15) is 0 Å². The first-order valence-electron chi connectivity index (χ1n) is 11.1. The molecule has 0 radical (unpaired) electrons. The zero-order chi connectivity index (χ0) is 23.2. The number of hydrogen-bond acceptors (Lipinski definition) is 6. The summed E-state index contributed by atoms with van der Waals surface area (Å²) in [6, 6.07) is 28.3. The van der Waals surface area contributed by atoms with Crippen molar-refractivity contribution in [3.63, 3.8) is 0 Å². The van der Waals surface area contributed by atoms with Gasteiger partial charge in [0.15, 0.2) is 0 Å². The first-order valence-corrected chi connectivity index (χ1v) is 11.9. The number of ether oxygens (including phenoxy) is 1. The molecule has 6 heteroatoms. The number of benzene rings is 2. The highest BCUT2D eigenvalue weighted by Gasteiger charge is 2.08. The lowest BCUT2D eigenvalue weighted by Crippen LogP contribution is -1.96. The van der Waals surface area contributed by atoms with Crippen LogP contribution in [0.2, 0.25) is 0 Å². The van der Waals surface area contributed by atoms with Crippen molar-refractivity contribution in [2.45, 2.75) is 20.0 Å². The molecule has 34 heavy (non-hydrogen) atoms. The molecular formula is C28H24N4OS. The molecule has 3 heterocycles. The number of hydrogen-bond donors (Lipinski definition) is 1. The Hall–Kier alpha value is -4.03. The lowest BCUT2D eigenvalue weighted by Gasteiger charge is -2.07. The van der Waals surface area contributed by atoms with E-state index in [0.29, 0.717) is 6.61 Å². The second kappa shape index (κ2) is 10.3. The zero-order valence-corrected chi connectivity index (χ0v) is 19.6. The van der Waals surface area contributed by atoms with Gasteiger partial charge in [0.05, 0.1) is 15.6 Å². The molecule has 0 spiro atoms. The Balaban J connectivity index is 1.22. The molecule has 2 aromatic carbocycles. The minimum atomic E-state index is 0.566. The summed E-state index contributed by atoms with van der Waals surface area (Å²) in [5.74, 6) is 2.41. The molecule has 0 aliphatic rings. The molecule has 0 fully saturated rings. The van der Waals surface area contributed by atoms with E-state index in [-0.39, 0.29) is 0 Å². The molecule has 0 saturated heterocycles. The molecule has 5 aromatic rings. The fraction of sp³-hybridized carbons (Fsp3) is 0.107. The third-order valence-electron chi connectivity index (χ3n) is 5.25. The van der Waals surface area contributed by atoms with E-state index >= 15 is 0 Å². The Morgan fingerprint density at radius 1 is 0.824 bits per heavy atom. The van der Waals surface area contributed by atoms with Crippen molar-refractivity contribution in [1.82, 2.24) is 15.0 Å². The summed E-state index contributed by atoms with van der Waals surface area (Å²) in [6.45, 7) is 2.61. The maximum atomic E-state index is 5.89. The van der Waals surface area contributed by atoms with E-state index in [9.17, 15) is 0 Å². The molecule has 0 aliphatic carbocycles. The fourth-order valence-electron chi connectivity index (χ4n) is 3.51. The number of pyridine rings is 2. The summed E-state index contributed by atoms with van der Waals surface area (Å²) in [5, 5.41) is 4.33. The topological polar surface area (TPSA) is 59.9 Å². The average Bonchev–Trinajstić information content (AvgIpc) is 3.33. The third-order valence-corrected chi connectivity index (χ3v) is 6.27. The lowest BCUT2D eigenvalue weighted by molar-refractivity contribution is 0.306. The van der Waals surface area contributed by atoms with E-state index in [1.807, 2.05) is 73.8 Å². The number of nitrogens with one attached hydrogen (secondary N) is 1. The van der Waals surface area contributed by atoms with Crippen LogP contribution in [0.25, 0.3) is 10.6 Å². The normalized spacial score (nSPS) is 10.7. The smallest absolute Gasteiger partial charge is 0.132 e. The van der Waals surface area contributed by atoms with Gasteiger partial charge in [0.25, 0.3) is 0 Å². The van der Waals surface area contributed by atoms with Crippen LogP contribution in [0.15, 0.2) is 97.3 Å². The molecule has 5 rings (SSSR count). The van der Waals surface area contributed by atoms with Crippen LogP contribution < -0.4 is 10.1 Å². The van der Waals surface area contributed by atoms with Gasteiger partial charge in [-0.05, 0) is 60.0 Å². The molecular weight excluding hydrogens is 440 g/mol. The van der Waals surface area contributed by atoms with Gasteiger partial charge in [-0.15, -0.1) is 11.3 Å². The van der Waals surface area contributed by atoms with E-state index in [1.54, 1.807) is 17.5 Å². The van der Waals surface area contributed by atoms with Gasteiger partial charge in [0.1, 0.15) is 24.0 Å². The molecule has 5 nitrogen and oxygen atoms in total. The minimum absolute atomic E-state index is 0.566. The summed E-state index contributed by atoms with van der Waals surface area (Å²) < 4.78 is 5.89. The van der Waals surface area contributed by atoms with Crippen molar-refractivity contribution < 1.29 is 4.74 Å². The summed E-state index contributed by atoms with van der Waals surface area (Å²) in [6.07, 6.45) is 4.46. The quantitative estimate of drug-likeness (QED) is 0.273. The number of anilines is 2. The lowest BCUT2D eigenvalue weighted by atomic mass is 10.1. The van der Waals surface area contributed by atoms with Crippen LogP contribution in [0, 0.1) is 6.92 Å². The highest BCUT2D eigenvalue weighted by atomic mass is 32.1. The maximum absolute atomic E-state index is 5.89. The highest BCUT2D eigenvalue weighted by Crippen LogP contribution is 2.28. The molecule has 1 N–H and O–H groups in total. The Morgan fingerprint density at radius 3 is 2.50 bits per heavy atom. The Labute approximate surface area is 203 Å². The summed E-state index contributed by atoms with van der Waals surface area (Å²) in [5.41, 5.74) is 4.40. The average molecular weight is 465 g/mol. The van der Waals surface area contributed by atoms with Crippen LogP contribution in [0.3, 0.4) is 0 Å². The van der Waals surface area contributed by atoms with E-state index < -0.39 is 0 Å². The van der Waals surface area contributed by atoms with E-state index in [4.69, 9.17) is 9.72 Å². The number of thiazole rings is 1. The third kappa shape index (κ3) is 5.66. The number of aryl methyl sites for hydroxylation is 1. The number of aromatic nitrogens is 3. The first kappa shape index (κ1) is 21.8. The van der Waals surface area contributed by atoms with Gasteiger partial charge in [0, 0.05) is 18.8 Å². The number of nitrogens with zero attached hydrogens (tertiary/aromatic N) is 3. The molecule has 0 unspecified atom stereocenters. The maximum Gasteiger partial charge on any atom is 0.132 e. The van der Waals surface area contributed by atoms with Crippen molar-refractivity contribution in [3.05, 3.63) is 119 Å². The van der Waals surface area contributed by atoms with Crippen LogP contribution in [0.1, 0.15) is 21.7 Å². The second-order valence-electron chi connectivity index (χ2n) is 7.96. The molecule has 0 amide bonds. The van der Waals surface area contributed by atoms with E-state index in [1.165, 1.54) is 5.56 Å². The highest BCUT2D eigenvalue weighted by molar-refractivity contribution is 7.15. The summed E-state index contributed by atoms with van der Waals surface area (Å²) in [4.78, 5) is 14.8. The van der Waals surface area contributed by atoms with Crippen molar-refractivity contribution >= 4 is 23.0 Å². The predicted octanol–water partition coefficient (Wildman–Crippen LogP) is 6.82. The Bertz CT molecular complexity index is 1370. The predicted molar refractivity (Wildman–Crippen MR) is 138 cm³/mol. The largest absolute Gasteiger partial charge is 0.489 e.